The normalized spacial score (nSPS) is 11.7. The number of rotatable bonds is 8. The van der Waals surface area contributed by atoms with Crippen molar-refractivity contribution in [3.8, 4) is 5.75 Å². The van der Waals surface area contributed by atoms with E-state index in [1.807, 2.05) is 62.4 Å². The van der Waals surface area contributed by atoms with Gasteiger partial charge in [-0.1, -0.05) is 54.1 Å². The molecule has 3 aromatic carbocycles. The van der Waals surface area contributed by atoms with Crippen LogP contribution in [-0.2, 0) is 9.59 Å². The summed E-state index contributed by atoms with van der Waals surface area (Å²) in [4.78, 5) is 27.9. The summed E-state index contributed by atoms with van der Waals surface area (Å²) >= 11 is 6.07. The first-order valence-corrected chi connectivity index (χ1v) is 10.9. The monoisotopic (exact) mass is 465 g/mol. The van der Waals surface area contributed by atoms with E-state index in [4.69, 9.17) is 16.3 Å². The summed E-state index contributed by atoms with van der Waals surface area (Å²) in [5.74, 6) is -0.00764. The number of carbonyl (C=O) groups excluding carboxylic acids is 2. The van der Waals surface area contributed by atoms with Crippen LogP contribution in [0.2, 0.25) is 5.02 Å². The van der Waals surface area contributed by atoms with Gasteiger partial charge >= 0.3 is 0 Å². The number of amides is 2. The number of anilines is 2. The molecule has 3 aromatic rings. The van der Waals surface area contributed by atoms with Gasteiger partial charge in [-0.15, -0.1) is 0 Å². The molecule has 6 nitrogen and oxygen atoms in total. The van der Waals surface area contributed by atoms with Gasteiger partial charge in [-0.05, 0) is 61.9 Å². The lowest BCUT2D eigenvalue weighted by Gasteiger charge is -2.27. The highest BCUT2D eigenvalue weighted by molar-refractivity contribution is 6.31. The van der Waals surface area contributed by atoms with E-state index in [2.05, 4.69) is 10.6 Å². The van der Waals surface area contributed by atoms with Crippen molar-refractivity contribution in [2.75, 3.05) is 31.3 Å². The maximum atomic E-state index is 13.4. The van der Waals surface area contributed by atoms with Gasteiger partial charge < -0.3 is 15.4 Å². The van der Waals surface area contributed by atoms with Crippen LogP contribution in [0.25, 0.3) is 0 Å². The minimum absolute atomic E-state index is 0.0184. The first kappa shape index (κ1) is 24.3. The molecule has 3 rings (SSSR count). The molecule has 0 aliphatic carbocycles. The molecule has 172 valence electrons. The summed E-state index contributed by atoms with van der Waals surface area (Å²) in [5, 5.41) is 6.33. The maximum absolute atomic E-state index is 13.4. The molecule has 0 bridgehead atoms. The molecule has 0 saturated heterocycles. The molecular formula is C26H28ClN3O3. The average Bonchev–Trinajstić information content (AvgIpc) is 2.77. The quantitative estimate of drug-likeness (QED) is 0.478. The van der Waals surface area contributed by atoms with E-state index in [1.54, 1.807) is 30.1 Å². The lowest BCUT2D eigenvalue weighted by Crippen LogP contribution is -2.39. The summed E-state index contributed by atoms with van der Waals surface area (Å²) in [6.45, 7) is 3.90. The van der Waals surface area contributed by atoms with Gasteiger partial charge in [-0.25, -0.2) is 0 Å². The van der Waals surface area contributed by atoms with E-state index in [-0.39, 0.29) is 18.4 Å². The van der Waals surface area contributed by atoms with Crippen LogP contribution in [-0.4, -0.2) is 37.4 Å². The Labute approximate surface area is 199 Å². The Hall–Kier alpha value is -3.35. The van der Waals surface area contributed by atoms with Crippen LogP contribution in [0.5, 0.6) is 5.75 Å². The fraction of sp³-hybridized carbons (Fsp3) is 0.231. The van der Waals surface area contributed by atoms with Crippen molar-refractivity contribution in [2.45, 2.75) is 19.9 Å². The molecule has 1 atom stereocenters. The molecular weight excluding hydrogens is 438 g/mol. The van der Waals surface area contributed by atoms with Crippen LogP contribution in [0.4, 0.5) is 11.4 Å². The number of methoxy groups -OCH3 is 1. The summed E-state index contributed by atoms with van der Waals surface area (Å²) < 4.78 is 5.30. The van der Waals surface area contributed by atoms with Crippen molar-refractivity contribution >= 4 is 34.8 Å². The highest BCUT2D eigenvalue weighted by Gasteiger charge is 2.27. The standard InChI is InChI=1S/C26H28ClN3O3/c1-17-10-11-18(2)21(14-17)29-26(32)25(19-8-6-5-7-9-19)30(3)16-24(31)28-22-15-20(27)12-13-23(22)33-4/h5-15,25H,16H2,1-4H3,(H,28,31)(H,29,32)/t25-/m1/s1. The van der Waals surface area contributed by atoms with Gasteiger partial charge in [0.15, 0.2) is 0 Å². The van der Waals surface area contributed by atoms with E-state index in [1.165, 1.54) is 7.11 Å². The van der Waals surface area contributed by atoms with Crippen LogP contribution < -0.4 is 15.4 Å². The van der Waals surface area contributed by atoms with Crippen molar-refractivity contribution in [1.82, 2.24) is 4.90 Å². The van der Waals surface area contributed by atoms with Crippen molar-refractivity contribution in [2.24, 2.45) is 0 Å². The van der Waals surface area contributed by atoms with Gasteiger partial charge in [0, 0.05) is 10.7 Å². The van der Waals surface area contributed by atoms with E-state index in [0.717, 1.165) is 22.4 Å². The molecule has 0 aliphatic heterocycles. The molecule has 0 saturated carbocycles. The number of hydrogen-bond donors (Lipinski definition) is 2. The summed E-state index contributed by atoms with van der Waals surface area (Å²) in [5.41, 5.74) is 4.03. The molecule has 0 fully saturated rings. The molecule has 0 aliphatic rings. The topological polar surface area (TPSA) is 70.7 Å². The summed E-state index contributed by atoms with van der Waals surface area (Å²) in [6, 6.07) is 19.6. The Morgan fingerprint density at radius 1 is 0.970 bits per heavy atom. The van der Waals surface area contributed by atoms with Gasteiger partial charge in [0.25, 0.3) is 0 Å². The Kier molecular flexibility index (Phi) is 8.09. The number of nitrogens with zero attached hydrogens (tertiary/aromatic N) is 1. The smallest absolute Gasteiger partial charge is 0.246 e. The van der Waals surface area contributed by atoms with Gasteiger partial charge in [-0.3, -0.25) is 14.5 Å². The Bertz CT molecular complexity index is 1130. The van der Waals surface area contributed by atoms with Crippen LogP contribution in [0.1, 0.15) is 22.7 Å². The van der Waals surface area contributed by atoms with Crippen molar-refractivity contribution in [1.29, 1.82) is 0 Å². The third kappa shape index (κ3) is 6.34. The van der Waals surface area contributed by atoms with Gasteiger partial charge in [0.2, 0.25) is 11.8 Å². The van der Waals surface area contributed by atoms with Crippen LogP contribution in [0.3, 0.4) is 0 Å². The SMILES string of the molecule is COc1ccc(Cl)cc1NC(=O)CN(C)[C@@H](C(=O)Nc1cc(C)ccc1C)c1ccccc1. The number of benzene rings is 3. The number of ether oxygens (including phenoxy) is 1. The molecule has 2 N–H and O–H groups in total. The first-order chi connectivity index (χ1) is 15.8. The van der Waals surface area contributed by atoms with Crippen LogP contribution in [0, 0.1) is 13.8 Å². The summed E-state index contributed by atoms with van der Waals surface area (Å²) in [6.07, 6.45) is 0. The Morgan fingerprint density at radius 3 is 2.39 bits per heavy atom. The largest absolute Gasteiger partial charge is 0.495 e. The Morgan fingerprint density at radius 2 is 1.70 bits per heavy atom. The van der Waals surface area contributed by atoms with Gasteiger partial charge in [-0.2, -0.15) is 0 Å². The van der Waals surface area contributed by atoms with Gasteiger partial charge in [0.05, 0.1) is 19.3 Å². The second kappa shape index (κ2) is 11.0. The molecule has 0 radical (unpaired) electrons. The molecule has 7 heteroatoms. The molecule has 0 spiro atoms. The fourth-order valence-electron chi connectivity index (χ4n) is 3.60. The van der Waals surface area contributed by atoms with Gasteiger partial charge in [0.1, 0.15) is 11.8 Å². The lowest BCUT2D eigenvalue weighted by molar-refractivity contribution is -0.123. The number of halogens is 1. The highest BCUT2D eigenvalue weighted by atomic mass is 35.5. The number of nitrogens with one attached hydrogen (secondary N) is 2. The zero-order valence-electron chi connectivity index (χ0n) is 19.2. The predicted octanol–water partition coefficient (Wildman–Crippen LogP) is 5.22. The Balaban J connectivity index is 1.81. The van der Waals surface area contributed by atoms with Crippen LogP contribution >= 0.6 is 11.6 Å². The third-order valence-electron chi connectivity index (χ3n) is 5.28. The highest BCUT2D eigenvalue weighted by Crippen LogP contribution is 2.28. The van der Waals surface area contributed by atoms with E-state index in [9.17, 15) is 9.59 Å². The number of hydrogen-bond acceptors (Lipinski definition) is 4. The zero-order valence-corrected chi connectivity index (χ0v) is 19.9. The zero-order chi connectivity index (χ0) is 24.0. The number of carbonyl (C=O) groups is 2. The van der Waals surface area contributed by atoms with Crippen LogP contribution in [0.15, 0.2) is 66.7 Å². The molecule has 0 aromatic heterocycles. The second-order valence-corrected chi connectivity index (χ2v) is 8.37. The van der Waals surface area contributed by atoms with Crippen molar-refractivity contribution in [3.05, 3.63) is 88.4 Å². The average molecular weight is 466 g/mol. The van der Waals surface area contributed by atoms with E-state index >= 15 is 0 Å². The maximum Gasteiger partial charge on any atom is 0.246 e. The second-order valence-electron chi connectivity index (χ2n) is 7.93. The fourth-order valence-corrected chi connectivity index (χ4v) is 3.77. The minimum atomic E-state index is -0.668. The third-order valence-corrected chi connectivity index (χ3v) is 5.52. The number of aryl methyl sites for hydroxylation is 2. The molecule has 0 unspecified atom stereocenters. The first-order valence-electron chi connectivity index (χ1n) is 10.5. The summed E-state index contributed by atoms with van der Waals surface area (Å²) in [7, 11) is 3.27. The molecule has 0 heterocycles. The van der Waals surface area contributed by atoms with E-state index in [0.29, 0.717) is 16.5 Å². The number of likely N-dealkylation sites (N-methyl/N-ethyl adjacent to an activating group) is 1. The lowest BCUT2D eigenvalue weighted by atomic mass is 10.0. The molecule has 2 amide bonds. The predicted molar refractivity (Wildman–Crippen MR) is 133 cm³/mol. The van der Waals surface area contributed by atoms with Crippen molar-refractivity contribution in [3.63, 3.8) is 0 Å². The van der Waals surface area contributed by atoms with E-state index < -0.39 is 6.04 Å². The minimum Gasteiger partial charge on any atom is -0.495 e. The molecule has 33 heavy (non-hydrogen) atoms. The van der Waals surface area contributed by atoms with Crippen molar-refractivity contribution < 1.29 is 14.3 Å².